The fourth-order valence-electron chi connectivity index (χ4n) is 2.02. The van der Waals surface area contributed by atoms with Gasteiger partial charge in [-0.1, -0.05) is 0 Å². The quantitative estimate of drug-likeness (QED) is 0.892. The molecule has 106 valence electrons. The number of carbonyl (C=O) groups excluding carboxylic acids is 2. The maximum atomic E-state index is 12.0. The molecule has 1 aromatic carbocycles. The van der Waals surface area contributed by atoms with E-state index in [1.54, 1.807) is 20.2 Å². The van der Waals surface area contributed by atoms with Crippen LogP contribution in [0.5, 0.6) is 0 Å². The third kappa shape index (κ3) is 2.66. The van der Waals surface area contributed by atoms with Gasteiger partial charge in [0.1, 0.15) is 0 Å². The third-order valence-electron chi connectivity index (χ3n) is 3.47. The number of hydrogen-bond donors (Lipinski definition) is 2. The molecule has 0 aliphatic carbocycles. The van der Waals surface area contributed by atoms with Gasteiger partial charge in [0.15, 0.2) is 0 Å². The summed E-state index contributed by atoms with van der Waals surface area (Å²) in [5.74, 6) is -0.367. The zero-order chi connectivity index (χ0) is 14.9. The van der Waals surface area contributed by atoms with Crippen molar-refractivity contribution in [2.75, 3.05) is 20.6 Å². The Morgan fingerprint density at radius 3 is 2.60 bits per heavy atom. The molecular weight excluding hydrogens is 254 g/mol. The predicted molar refractivity (Wildman–Crippen MR) is 78.8 cm³/mol. The zero-order valence-electron chi connectivity index (χ0n) is 12.2. The lowest BCUT2D eigenvalue weighted by Crippen LogP contribution is -2.36. The molecule has 0 spiro atoms. The molecule has 1 aromatic heterocycles. The number of nitrogens with zero attached hydrogens (tertiary/aromatic N) is 1. The predicted octanol–water partition coefficient (Wildman–Crippen LogP) is 1.60. The number of hydrogen-bond acceptors (Lipinski definition) is 2. The van der Waals surface area contributed by atoms with Gasteiger partial charge < -0.3 is 15.2 Å². The van der Waals surface area contributed by atoms with Gasteiger partial charge >= 0.3 is 0 Å². The first kappa shape index (κ1) is 14.1. The Balaban J connectivity index is 2.18. The molecule has 0 unspecified atom stereocenters. The standard InChI is InChI=1S/C15H19N3O2/c1-9-10(2)17-13-6-5-11(7-12(9)13)15(20)16-8-14(19)18(3)4/h5-7,17H,8H2,1-4H3,(H,16,20). The topological polar surface area (TPSA) is 65.2 Å². The number of aromatic amines is 1. The van der Waals surface area contributed by atoms with Crippen molar-refractivity contribution < 1.29 is 9.59 Å². The second kappa shape index (κ2) is 5.36. The maximum absolute atomic E-state index is 12.0. The van der Waals surface area contributed by atoms with Gasteiger partial charge in [0, 0.05) is 36.3 Å². The van der Waals surface area contributed by atoms with Crippen molar-refractivity contribution in [3.8, 4) is 0 Å². The molecular formula is C15H19N3O2. The minimum atomic E-state index is -0.236. The summed E-state index contributed by atoms with van der Waals surface area (Å²) >= 11 is 0. The molecule has 0 saturated carbocycles. The van der Waals surface area contributed by atoms with Crippen LogP contribution in [-0.2, 0) is 4.79 Å². The lowest BCUT2D eigenvalue weighted by molar-refractivity contribution is -0.127. The first-order valence-corrected chi connectivity index (χ1v) is 6.47. The minimum Gasteiger partial charge on any atom is -0.358 e. The Morgan fingerprint density at radius 1 is 1.25 bits per heavy atom. The van der Waals surface area contributed by atoms with E-state index >= 15 is 0 Å². The Hall–Kier alpha value is -2.30. The van der Waals surface area contributed by atoms with Crippen molar-refractivity contribution in [2.45, 2.75) is 13.8 Å². The van der Waals surface area contributed by atoms with Crippen LogP contribution in [0.1, 0.15) is 21.6 Å². The molecule has 1 heterocycles. The van der Waals surface area contributed by atoms with E-state index in [1.807, 2.05) is 26.0 Å². The number of aryl methyl sites for hydroxylation is 2. The molecule has 5 nitrogen and oxygen atoms in total. The van der Waals surface area contributed by atoms with E-state index in [2.05, 4.69) is 10.3 Å². The molecule has 5 heteroatoms. The highest BCUT2D eigenvalue weighted by Crippen LogP contribution is 2.22. The van der Waals surface area contributed by atoms with Gasteiger partial charge in [-0.05, 0) is 37.6 Å². The average Bonchev–Trinajstić information content (AvgIpc) is 2.70. The number of nitrogens with one attached hydrogen (secondary N) is 2. The van der Waals surface area contributed by atoms with Crippen molar-refractivity contribution in [1.82, 2.24) is 15.2 Å². The van der Waals surface area contributed by atoms with E-state index in [4.69, 9.17) is 0 Å². The molecule has 0 radical (unpaired) electrons. The van der Waals surface area contributed by atoms with Gasteiger partial charge in [0.25, 0.3) is 5.91 Å². The van der Waals surface area contributed by atoms with Gasteiger partial charge in [-0.3, -0.25) is 9.59 Å². The fourth-order valence-corrected chi connectivity index (χ4v) is 2.02. The van der Waals surface area contributed by atoms with Crippen molar-refractivity contribution in [3.63, 3.8) is 0 Å². The summed E-state index contributed by atoms with van der Waals surface area (Å²) in [6.45, 7) is 4.03. The van der Waals surface area contributed by atoms with Gasteiger partial charge in [-0.25, -0.2) is 0 Å². The zero-order valence-corrected chi connectivity index (χ0v) is 12.2. The van der Waals surface area contributed by atoms with E-state index in [9.17, 15) is 9.59 Å². The van der Waals surface area contributed by atoms with Crippen LogP contribution >= 0.6 is 0 Å². The Labute approximate surface area is 118 Å². The summed E-state index contributed by atoms with van der Waals surface area (Å²) in [5.41, 5.74) is 3.81. The smallest absolute Gasteiger partial charge is 0.251 e. The van der Waals surface area contributed by atoms with Gasteiger partial charge in [0.05, 0.1) is 6.54 Å². The second-order valence-electron chi connectivity index (χ2n) is 5.11. The first-order valence-electron chi connectivity index (χ1n) is 6.47. The molecule has 2 amide bonds. The summed E-state index contributed by atoms with van der Waals surface area (Å²) in [6, 6.07) is 5.49. The number of H-pyrrole nitrogens is 1. The van der Waals surface area contributed by atoms with Crippen LogP contribution in [0.2, 0.25) is 0 Å². The van der Waals surface area contributed by atoms with E-state index < -0.39 is 0 Å². The molecule has 2 N–H and O–H groups in total. The van der Waals surface area contributed by atoms with Crippen molar-refractivity contribution in [3.05, 3.63) is 35.0 Å². The third-order valence-corrected chi connectivity index (χ3v) is 3.47. The van der Waals surface area contributed by atoms with Crippen molar-refractivity contribution in [2.24, 2.45) is 0 Å². The maximum Gasteiger partial charge on any atom is 0.251 e. The minimum absolute atomic E-state index is 0.00895. The highest BCUT2D eigenvalue weighted by molar-refractivity contribution is 6.00. The van der Waals surface area contributed by atoms with E-state index in [1.165, 1.54) is 4.90 Å². The molecule has 0 saturated heterocycles. The molecule has 2 rings (SSSR count). The average molecular weight is 273 g/mol. The lowest BCUT2D eigenvalue weighted by atomic mass is 10.1. The molecule has 0 aliphatic heterocycles. The fraction of sp³-hybridized carbons (Fsp3) is 0.333. The second-order valence-corrected chi connectivity index (χ2v) is 5.11. The van der Waals surface area contributed by atoms with Crippen molar-refractivity contribution in [1.29, 1.82) is 0 Å². The van der Waals surface area contributed by atoms with Gasteiger partial charge in [-0.15, -0.1) is 0 Å². The molecule has 0 fully saturated rings. The number of amides is 2. The SMILES string of the molecule is Cc1[nH]c2ccc(C(=O)NCC(=O)N(C)C)cc2c1C. The lowest BCUT2D eigenvalue weighted by Gasteiger charge is -2.11. The van der Waals surface area contributed by atoms with Gasteiger partial charge in [0.2, 0.25) is 5.91 Å². The summed E-state index contributed by atoms with van der Waals surface area (Å²) < 4.78 is 0. The molecule has 0 bridgehead atoms. The molecule has 0 aliphatic rings. The Bertz CT molecular complexity index is 671. The van der Waals surface area contributed by atoms with Crippen LogP contribution in [-0.4, -0.2) is 42.3 Å². The number of aromatic nitrogens is 1. The van der Waals surface area contributed by atoms with Crippen LogP contribution in [0.25, 0.3) is 10.9 Å². The highest BCUT2D eigenvalue weighted by Gasteiger charge is 2.11. The van der Waals surface area contributed by atoms with E-state index in [-0.39, 0.29) is 18.4 Å². The largest absolute Gasteiger partial charge is 0.358 e. The summed E-state index contributed by atoms with van der Waals surface area (Å²) in [5, 5.41) is 3.67. The van der Waals surface area contributed by atoms with E-state index in [0.29, 0.717) is 5.56 Å². The normalized spacial score (nSPS) is 10.6. The highest BCUT2D eigenvalue weighted by atomic mass is 16.2. The number of fused-ring (bicyclic) bond motifs is 1. The number of benzene rings is 1. The van der Waals surface area contributed by atoms with Gasteiger partial charge in [-0.2, -0.15) is 0 Å². The van der Waals surface area contributed by atoms with Crippen LogP contribution in [0, 0.1) is 13.8 Å². The van der Waals surface area contributed by atoms with Crippen LogP contribution in [0.15, 0.2) is 18.2 Å². The Morgan fingerprint density at radius 2 is 1.95 bits per heavy atom. The van der Waals surface area contributed by atoms with Crippen LogP contribution in [0.4, 0.5) is 0 Å². The summed E-state index contributed by atoms with van der Waals surface area (Å²) in [6.07, 6.45) is 0. The number of carbonyl (C=O) groups is 2. The van der Waals surface area contributed by atoms with Crippen LogP contribution < -0.4 is 5.32 Å². The summed E-state index contributed by atoms with van der Waals surface area (Å²) in [7, 11) is 3.32. The monoisotopic (exact) mass is 273 g/mol. The molecule has 0 atom stereocenters. The number of rotatable bonds is 3. The first-order chi connectivity index (χ1) is 9.40. The molecule has 20 heavy (non-hydrogen) atoms. The van der Waals surface area contributed by atoms with Crippen molar-refractivity contribution >= 4 is 22.7 Å². The Kier molecular flexibility index (Phi) is 3.79. The van der Waals surface area contributed by atoms with Crippen LogP contribution in [0.3, 0.4) is 0 Å². The number of likely N-dealkylation sites (N-methyl/N-ethyl adjacent to an activating group) is 1. The summed E-state index contributed by atoms with van der Waals surface area (Å²) in [4.78, 5) is 28.2. The molecule has 2 aromatic rings. The van der Waals surface area contributed by atoms with E-state index in [0.717, 1.165) is 22.2 Å².